The van der Waals surface area contributed by atoms with Crippen LogP contribution in [-0.4, -0.2) is 52.2 Å². The largest absolute Gasteiger partial charge is 0.481 e. The second-order valence-electron chi connectivity index (χ2n) is 8.73. The molecule has 0 radical (unpaired) electrons. The number of carboxylic acids is 1. The van der Waals surface area contributed by atoms with Gasteiger partial charge in [-0.2, -0.15) is 0 Å². The van der Waals surface area contributed by atoms with E-state index >= 15 is 0 Å². The van der Waals surface area contributed by atoms with E-state index in [1.807, 2.05) is 4.90 Å². The van der Waals surface area contributed by atoms with Gasteiger partial charge in [-0.25, -0.2) is 14.4 Å². The summed E-state index contributed by atoms with van der Waals surface area (Å²) in [6, 6.07) is 11.3. The molecule has 2 aromatic carbocycles. The highest BCUT2D eigenvalue weighted by Gasteiger charge is 2.23. The van der Waals surface area contributed by atoms with Crippen molar-refractivity contribution in [1.29, 1.82) is 0 Å². The van der Waals surface area contributed by atoms with Gasteiger partial charge in [-0.3, -0.25) is 14.4 Å². The van der Waals surface area contributed by atoms with Crippen LogP contribution in [0.1, 0.15) is 39.1 Å². The number of likely N-dealkylation sites (tertiary alicyclic amines) is 1. The van der Waals surface area contributed by atoms with Crippen molar-refractivity contribution < 1.29 is 23.9 Å². The number of hydrogen-bond acceptors (Lipinski definition) is 5. The number of anilines is 2. The number of pyridine rings is 1. The average Bonchev–Trinajstić information content (AvgIpc) is 2.93. The molecular formula is C28H23ClFN5O4. The maximum Gasteiger partial charge on any atom is 0.306 e. The summed E-state index contributed by atoms with van der Waals surface area (Å²) in [6.07, 6.45) is 9.30. The molecule has 0 spiro atoms. The highest BCUT2D eigenvalue weighted by molar-refractivity contribution is 6.31. The number of nitrogens with zero attached hydrogens (tertiary/aromatic N) is 3. The predicted molar refractivity (Wildman–Crippen MR) is 146 cm³/mol. The van der Waals surface area contributed by atoms with Gasteiger partial charge in [0.05, 0.1) is 34.8 Å². The molecule has 9 nitrogen and oxygen atoms in total. The quantitative estimate of drug-likeness (QED) is 0.221. The van der Waals surface area contributed by atoms with E-state index in [1.165, 1.54) is 42.6 Å². The molecule has 1 saturated heterocycles. The SMILES string of the molecule is C#Cc1ccc(NC(=O)c2cc(Cl)ccc2NC(=O)c2ccc(N=CN3CCC(C(=O)O)CC3)cc2F)nc1. The van der Waals surface area contributed by atoms with Crippen LogP contribution in [0.3, 0.4) is 0 Å². The Morgan fingerprint density at radius 1 is 1.08 bits per heavy atom. The number of carbonyl (C=O) groups excluding carboxylic acids is 2. The Morgan fingerprint density at radius 3 is 2.46 bits per heavy atom. The molecule has 2 amide bonds. The molecule has 0 aliphatic carbocycles. The molecular weight excluding hydrogens is 525 g/mol. The number of rotatable bonds is 7. The van der Waals surface area contributed by atoms with Crippen LogP contribution in [0.2, 0.25) is 5.02 Å². The third kappa shape index (κ3) is 6.97. The molecule has 0 unspecified atom stereocenters. The first kappa shape index (κ1) is 27.3. The Morgan fingerprint density at radius 2 is 1.82 bits per heavy atom. The number of terminal acetylenes is 1. The predicted octanol–water partition coefficient (Wildman–Crippen LogP) is 4.82. The number of benzene rings is 2. The Labute approximate surface area is 228 Å². The van der Waals surface area contributed by atoms with E-state index in [-0.39, 0.29) is 33.6 Å². The lowest BCUT2D eigenvalue weighted by Gasteiger charge is -2.28. The number of aromatic nitrogens is 1. The summed E-state index contributed by atoms with van der Waals surface area (Å²) in [6.45, 7) is 1.07. The molecule has 3 N–H and O–H groups in total. The van der Waals surface area contributed by atoms with Crippen molar-refractivity contribution in [2.45, 2.75) is 12.8 Å². The number of aliphatic carboxylic acids is 1. The number of aliphatic imine (C=N–C) groups is 1. The molecule has 39 heavy (non-hydrogen) atoms. The van der Waals surface area contributed by atoms with Crippen molar-refractivity contribution in [3.8, 4) is 12.3 Å². The van der Waals surface area contributed by atoms with Crippen LogP contribution in [-0.2, 0) is 4.79 Å². The smallest absolute Gasteiger partial charge is 0.306 e. The number of halogens is 2. The van der Waals surface area contributed by atoms with Gasteiger partial charge in [-0.05, 0) is 55.3 Å². The number of carboxylic acid groups (broad SMARTS) is 1. The number of nitrogens with one attached hydrogen (secondary N) is 2. The monoisotopic (exact) mass is 547 g/mol. The highest BCUT2D eigenvalue weighted by Crippen LogP contribution is 2.24. The topological polar surface area (TPSA) is 124 Å². The second-order valence-corrected chi connectivity index (χ2v) is 9.17. The first-order valence-corrected chi connectivity index (χ1v) is 12.3. The molecule has 4 rings (SSSR count). The molecule has 198 valence electrons. The third-order valence-electron chi connectivity index (χ3n) is 6.09. The third-order valence-corrected chi connectivity index (χ3v) is 6.33. The zero-order chi connectivity index (χ0) is 27.9. The average molecular weight is 548 g/mol. The van der Waals surface area contributed by atoms with E-state index in [1.54, 1.807) is 12.4 Å². The summed E-state index contributed by atoms with van der Waals surface area (Å²) in [5, 5.41) is 14.5. The van der Waals surface area contributed by atoms with E-state index < -0.39 is 23.6 Å². The zero-order valence-corrected chi connectivity index (χ0v) is 21.3. The summed E-state index contributed by atoms with van der Waals surface area (Å²) in [7, 11) is 0. The van der Waals surface area contributed by atoms with E-state index in [9.17, 15) is 18.8 Å². The van der Waals surface area contributed by atoms with Crippen LogP contribution in [0.5, 0.6) is 0 Å². The minimum absolute atomic E-state index is 0.0481. The first-order chi connectivity index (χ1) is 18.7. The van der Waals surface area contributed by atoms with Gasteiger partial charge in [0.2, 0.25) is 0 Å². The van der Waals surface area contributed by atoms with Crippen LogP contribution in [0.15, 0.2) is 59.7 Å². The van der Waals surface area contributed by atoms with Crippen molar-refractivity contribution in [3.63, 3.8) is 0 Å². The number of amides is 2. The highest BCUT2D eigenvalue weighted by atomic mass is 35.5. The Kier molecular flexibility index (Phi) is 8.53. The summed E-state index contributed by atoms with van der Waals surface area (Å²) in [5.74, 6) is -0.666. The van der Waals surface area contributed by atoms with Crippen LogP contribution in [0.4, 0.5) is 21.6 Å². The van der Waals surface area contributed by atoms with Crippen molar-refractivity contribution in [2.24, 2.45) is 10.9 Å². The summed E-state index contributed by atoms with van der Waals surface area (Å²) in [5.41, 5.74) is 0.756. The maximum atomic E-state index is 14.8. The van der Waals surface area contributed by atoms with Crippen molar-refractivity contribution in [1.82, 2.24) is 9.88 Å². The first-order valence-electron chi connectivity index (χ1n) is 11.9. The molecule has 0 saturated carbocycles. The van der Waals surface area contributed by atoms with Gasteiger partial charge in [0.1, 0.15) is 11.6 Å². The van der Waals surface area contributed by atoms with E-state index in [4.69, 9.17) is 23.1 Å². The Bertz CT molecular complexity index is 1480. The summed E-state index contributed by atoms with van der Waals surface area (Å²) < 4.78 is 14.8. The van der Waals surface area contributed by atoms with Gasteiger partial charge >= 0.3 is 5.97 Å². The van der Waals surface area contributed by atoms with E-state index in [2.05, 4.69) is 26.5 Å². The summed E-state index contributed by atoms with van der Waals surface area (Å²) in [4.78, 5) is 47.0. The van der Waals surface area contributed by atoms with Crippen molar-refractivity contribution in [3.05, 3.63) is 82.3 Å². The van der Waals surface area contributed by atoms with Gasteiger partial charge in [0, 0.05) is 35.9 Å². The van der Waals surface area contributed by atoms with Crippen LogP contribution in [0, 0.1) is 24.1 Å². The van der Waals surface area contributed by atoms with Crippen molar-refractivity contribution in [2.75, 3.05) is 23.7 Å². The fraction of sp³-hybridized carbons (Fsp3) is 0.179. The fourth-order valence-corrected chi connectivity index (χ4v) is 4.09. The normalized spacial score (nSPS) is 13.6. The van der Waals surface area contributed by atoms with Gasteiger partial charge < -0.3 is 20.6 Å². The lowest BCUT2D eigenvalue weighted by molar-refractivity contribution is -0.143. The Balaban J connectivity index is 1.44. The number of carbonyl (C=O) groups is 3. The fourth-order valence-electron chi connectivity index (χ4n) is 3.92. The minimum atomic E-state index is -0.804. The maximum absolute atomic E-state index is 14.8. The lowest BCUT2D eigenvalue weighted by Crippen LogP contribution is -2.35. The van der Waals surface area contributed by atoms with E-state index in [0.29, 0.717) is 37.2 Å². The minimum Gasteiger partial charge on any atom is -0.481 e. The standard InChI is InChI=1S/C28H23ClFN5O4/c1-2-17-3-8-25(31-15-17)34-27(37)22-13-19(29)4-7-24(22)33-26(36)21-6-5-20(14-23(21)30)32-16-35-11-9-18(10-12-35)28(38)39/h1,3-8,13-16,18H,9-12H2,(H,33,36)(H,38,39)(H,31,34,37). The van der Waals surface area contributed by atoms with Gasteiger partial charge in [-0.1, -0.05) is 17.5 Å². The molecule has 3 aromatic rings. The molecule has 0 atom stereocenters. The van der Waals surface area contributed by atoms with Crippen LogP contribution >= 0.6 is 11.6 Å². The molecule has 2 heterocycles. The molecule has 1 aromatic heterocycles. The summed E-state index contributed by atoms with van der Waals surface area (Å²) >= 11 is 6.07. The second kappa shape index (κ2) is 12.2. The lowest BCUT2D eigenvalue weighted by atomic mass is 9.98. The molecule has 1 aliphatic heterocycles. The van der Waals surface area contributed by atoms with Crippen molar-refractivity contribution >= 4 is 52.9 Å². The number of hydrogen-bond donors (Lipinski definition) is 3. The zero-order valence-electron chi connectivity index (χ0n) is 20.5. The van der Waals surface area contributed by atoms with Gasteiger partial charge in [0.15, 0.2) is 0 Å². The van der Waals surface area contributed by atoms with Gasteiger partial charge in [-0.15, -0.1) is 6.42 Å². The number of piperidine rings is 1. The molecule has 11 heteroatoms. The van der Waals surface area contributed by atoms with E-state index in [0.717, 1.165) is 6.07 Å². The molecule has 0 bridgehead atoms. The Hall–Kier alpha value is -4.75. The van der Waals surface area contributed by atoms with Gasteiger partial charge in [0.25, 0.3) is 11.8 Å². The molecule has 1 fully saturated rings. The van der Waals surface area contributed by atoms with Crippen LogP contribution in [0.25, 0.3) is 0 Å². The van der Waals surface area contributed by atoms with Crippen LogP contribution < -0.4 is 10.6 Å². The molecule has 1 aliphatic rings.